The minimum absolute atomic E-state index is 0.729. The van der Waals surface area contributed by atoms with Crippen molar-refractivity contribution in [1.29, 1.82) is 0 Å². The molecule has 0 spiro atoms. The smallest absolute Gasteiger partial charge is 0.325 e. The van der Waals surface area contributed by atoms with Crippen LogP contribution in [0.3, 0.4) is 0 Å². The maximum absolute atomic E-state index is 11.3. The molecular formula is C10H13NO5. The van der Waals surface area contributed by atoms with Crippen molar-refractivity contribution in [3.63, 3.8) is 0 Å². The molecule has 0 saturated heterocycles. The molecule has 0 saturated carbocycles. The zero-order chi connectivity index (χ0) is 15.8. The van der Waals surface area contributed by atoms with Crippen LogP contribution in [0.2, 0.25) is 0 Å². The average Bonchev–Trinajstić information content (AvgIpc) is 2.41. The molecule has 6 nitrogen and oxygen atoms in total. The molecule has 1 aromatic carbocycles. The van der Waals surface area contributed by atoms with Gasteiger partial charge in [-0.1, -0.05) is 6.04 Å². The number of aliphatic hydroxyl groups excluding tert-OH is 1. The molecule has 16 heavy (non-hydrogen) atoms. The fourth-order valence-electron chi connectivity index (χ4n) is 0.925. The Hall–Kier alpha value is -1.79. The zero-order valence-electron chi connectivity index (χ0n) is 12.3. The molecule has 0 radical (unpaired) electrons. The van der Waals surface area contributed by atoms with Crippen LogP contribution in [0.15, 0.2) is 18.1 Å². The maximum Gasteiger partial charge on any atom is 0.325 e. The highest BCUT2D eigenvalue weighted by Gasteiger charge is 2.25. The number of methoxy groups -OCH3 is 1. The molecule has 0 fully saturated rings. The highest BCUT2D eigenvalue weighted by molar-refractivity contribution is 5.76. The SMILES string of the molecule is [2H]c1c([2H])c(C(O)C([2H])(N)C(=O)OC)c([2H])c(O)c1O. The van der Waals surface area contributed by atoms with E-state index in [-0.39, 0.29) is 0 Å². The van der Waals surface area contributed by atoms with Crippen molar-refractivity contribution in [2.45, 2.75) is 12.1 Å². The zero-order valence-corrected chi connectivity index (χ0v) is 8.31. The highest BCUT2D eigenvalue weighted by atomic mass is 16.5. The molecule has 0 heterocycles. The second kappa shape index (κ2) is 4.82. The molecule has 0 aliphatic heterocycles. The van der Waals surface area contributed by atoms with Gasteiger partial charge < -0.3 is 25.8 Å². The lowest BCUT2D eigenvalue weighted by atomic mass is 10.0. The summed E-state index contributed by atoms with van der Waals surface area (Å²) in [4.78, 5) is 11.3. The molecule has 0 bridgehead atoms. The second-order valence-corrected chi connectivity index (χ2v) is 2.84. The van der Waals surface area contributed by atoms with Crippen LogP contribution in [0.4, 0.5) is 0 Å². The first-order chi connectivity index (χ1) is 9.07. The van der Waals surface area contributed by atoms with Crippen LogP contribution in [0.5, 0.6) is 11.5 Å². The van der Waals surface area contributed by atoms with Crippen molar-refractivity contribution in [2.24, 2.45) is 5.73 Å². The summed E-state index contributed by atoms with van der Waals surface area (Å²) in [6, 6.07) is -5.34. The molecule has 2 unspecified atom stereocenters. The molecule has 0 amide bonds. The number of ether oxygens (including phenoxy) is 1. The van der Waals surface area contributed by atoms with Crippen LogP contribution in [0.1, 0.15) is 17.2 Å². The number of rotatable bonds is 3. The van der Waals surface area contributed by atoms with Crippen LogP contribution < -0.4 is 5.73 Å². The summed E-state index contributed by atoms with van der Waals surface area (Å²) in [5, 5.41) is 28.7. The van der Waals surface area contributed by atoms with Crippen molar-refractivity contribution >= 4 is 5.97 Å². The van der Waals surface area contributed by atoms with Crippen LogP contribution in [0.25, 0.3) is 0 Å². The van der Waals surface area contributed by atoms with Gasteiger partial charge in [-0.2, -0.15) is 0 Å². The van der Waals surface area contributed by atoms with Crippen LogP contribution >= 0.6 is 0 Å². The lowest BCUT2D eigenvalue weighted by molar-refractivity contribution is -0.145. The number of esters is 1. The van der Waals surface area contributed by atoms with Gasteiger partial charge in [0.15, 0.2) is 11.5 Å². The van der Waals surface area contributed by atoms with Crippen LogP contribution in [0, 0.1) is 0 Å². The summed E-state index contributed by atoms with van der Waals surface area (Å²) in [5.41, 5.74) is 4.56. The molecule has 5 N–H and O–H groups in total. The Balaban J connectivity index is 3.52. The Morgan fingerprint density at radius 1 is 1.56 bits per heavy atom. The number of phenolic OH excluding ortho intramolecular Hbond substituents is 2. The van der Waals surface area contributed by atoms with Gasteiger partial charge in [0.05, 0.1) is 12.6 Å². The van der Waals surface area contributed by atoms with Crippen molar-refractivity contribution < 1.29 is 30.3 Å². The predicted molar refractivity (Wildman–Crippen MR) is 54.7 cm³/mol. The summed E-state index contributed by atoms with van der Waals surface area (Å²) in [7, 11) is 0.929. The van der Waals surface area contributed by atoms with Crippen molar-refractivity contribution in [3.8, 4) is 11.5 Å². The van der Waals surface area contributed by atoms with E-state index < -0.39 is 53.3 Å². The third-order valence-electron chi connectivity index (χ3n) is 1.78. The third-order valence-corrected chi connectivity index (χ3v) is 1.78. The van der Waals surface area contributed by atoms with E-state index in [0.29, 0.717) is 0 Å². The molecule has 2 atom stereocenters. The molecule has 1 aromatic rings. The molecule has 0 aromatic heterocycles. The van der Waals surface area contributed by atoms with Gasteiger partial charge >= 0.3 is 5.97 Å². The Bertz CT molecular complexity index is 534. The van der Waals surface area contributed by atoms with E-state index in [1.807, 2.05) is 0 Å². The minimum atomic E-state index is -2.74. The number of aromatic hydroxyl groups is 2. The third kappa shape index (κ3) is 2.41. The lowest BCUT2D eigenvalue weighted by Crippen LogP contribution is -2.37. The highest BCUT2D eigenvalue weighted by Crippen LogP contribution is 2.28. The maximum atomic E-state index is 11.3. The quantitative estimate of drug-likeness (QED) is 0.417. The Morgan fingerprint density at radius 2 is 2.19 bits per heavy atom. The van der Waals surface area contributed by atoms with Gasteiger partial charge in [0.2, 0.25) is 0 Å². The van der Waals surface area contributed by atoms with Gasteiger partial charge in [0.25, 0.3) is 0 Å². The van der Waals surface area contributed by atoms with E-state index >= 15 is 0 Å². The minimum Gasteiger partial charge on any atom is -0.504 e. The van der Waals surface area contributed by atoms with Gasteiger partial charge in [0, 0.05) is 0 Å². The first-order valence-corrected chi connectivity index (χ1v) is 4.14. The van der Waals surface area contributed by atoms with E-state index in [1.54, 1.807) is 0 Å². The number of phenols is 2. The molecule has 0 aliphatic carbocycles. The molecule has 1 rings (SSSR count). The van der Waals surface area contributed by atoms with Crippen LogP contribution in [-0.2, 0) is 9.53 Å². The van der Waals surface area contributed by atoms with Crippen molar-refractivity contribution in [2.75, 3.05) is 7.11 Å². The molecule has 6 heteroatoms. The van der Waals surface area contributed by atoms with E-state index in [4.69, 9.17) is 11.2 Å². The van der Waals surface area contributed by atoms with Gasteiger partial charge in [0.1, 0.15) is 12.1 Å². The van der Waals surface area contributed by atoms with Crippen molar-refractivity contribution in [3.05, 3.63) is 23.7 Å². The van der Waals surface area contributed by atoms with Crippen molar-refractivity contribution in [1.82, 2.24) is 0 Å². The summed E-state index contributed by atoms with van der Waals surface area (Å²) in [5.74, 6) is -3.40. The average molecular weight is 231 g/mol. The standard InChI is InChI=1S/C10H13NO5/c1-16-10(15)8(11)9(14)5-2-3-6(12)7(13)4-5/h2-4,8-9,12-14H,11H2,1H3/i2D,3D,4D,8D. The molecular weight excluding hydrogens is 214 g/mol. The monoisotopic (exact) mass is 231 g/mol. The van der Waals surface area contributed by atoms with Gasteiger partial charge in [-0.3, -0.25) is 4.79 Å². The number of carbonyl (C=O) groups excluding carboxylic acids is 1. The predicted octanol–water partition coefficient (Wildman–Crippen LogP) is -0.369. The fraction of sp³-hybridized carbons (Fsp3) is 0.300. The van der Waals surface area contributed by atoms with E-state index in [1.165, 1.54) is 0 Å². The number of hydrogen-bond acceptors (Lipinski definition) is 6. The Kier molecular flexibility index (Phi) is 2.25. The first kappa shape index (κ1) is 7.48. The summed E-state index contributed by atoms with van der Waals surface area (Å²) in [6.45, 7) is 0. The number of carbonyl (C=O) groups is 1. The summed E-state index contributed by atoms with van der Waals surface area (Å²) in [6.07, 6.45) is -2.20. The van der Waals surface area contributed by atoms with Crippen LogP contribution in [-0.4, -0.2) is 34.4 Å². The topological polar surface area (TPSA) is 113 Å². The largest absolute Gasteiger partial charge is 0.504 e. The summed E-state index contributed by atoms with van der Waals surface area (Å²) >= 11 is 0. The number of aliphatic hydroxyl groups is 1. The fourth-order valence-corrected chi connectivity index (χ4v) is 0.925. The number of hydrogen-bond donors (Lipinski definition) is 4. The van der Waals surface area contributed by atoms with E-state index in [9.17, 15) is 20.1 Å². The van der Waals surface area contributed by atoms with Gasteiger partial charge in [-0.15, -0.1) is 0 Å². The molecule has 88 valence electrons. The normalized spacial score (nSPS) is 19.7. The van der Waals surface area contributed by atoms with Gasteiger partial charge in [-0.05, 0) is 17.6 Å². The Labute approximate surface area is 97.5 Å². The number of nitrogens with two attached hydrogens (primary N) is 1. The molecule has 0 aliphatic rings. The number of benzene rings is 1. The summed E-state index contributed by atoms with van der Waals surface area (Å²) < 4.78 is 34.2. The van der Waals surface area contributed by atoms with E-state index in [0.717, 1.165) is 7.11 Å². The Morgan fingerprint density at radius 3 is 2.75 bits per heavy atom. The lowest BCUT2D eigenvalue weighted by Gasteiger charge is -2.17. The first-order valence-electron chi connectivity index (χ1n) is 6.14. The second-order valence-electron chi connectivity index (χ2n) is 2.84. The van der Waals surface area contributed by atoms with Gasteiger partial charge in [-0.25, -0.2) is 0 Å². The van der Waals surface area contributed by atoms with E-state index in [2.05, 4.69) is 4.74 Å².